The molecule has 0 aromatic heterocycles. The van der Waals surface area contributed by atoms with Crippen LogP contribution in [0.25, 0.3) is 0 Å². The minimum Gasteiger partial charge on any atom is -0.246 e. The monoisotopic (exact) mass is 183 g/mol. The summed E-state index contributed by atoms with van der Waals surface area (Å²) in [7, 11) is 0. The Balaban J connectivity index is 2.70. The lowest BCUT2D eigenvalue weighted by Crippen LogP contribution is -2.15. The van der Waals surface area contributed by atoms with Crippen LogP contribution in [0.4, 0.5) is 0 Å². The highest BCUT2D eigenvalue weighted by atomic mass is 35.5. The van der Waals surface area contributed by atoms with Crippen molar-refractivity contribution in [3.05, 3.63) is 11.2 Å². The van der Waals surface area contributed by atoms with Crippen molar-refractivity contribution in [2.24, 2.45) is 4.99 Å². The normalized spacial score (nSPS) is 23.7. The fraction of sp³-hybridized carbons (Fsp3) is 0.400. The zero-order chi connectivity index (χ0) is 6.91. The molecule has 0 atom stereocenters. The molecule has 50 valence electrons. The van der Waals surface area contributed by atoms with Gasteiger partial charge in [-0.2, -0.15) is 0 Å². The van der Waals surface area contributed by atoms with E-state index in [1.807, 2.05) is 0 Å². The molecule has 1 nitrogen and oxygen atoms in total. The van der Waals surface area contributed by atoms with Crippen LogP contribution in [-0.4, -0.2) is 10.5 Å². The molecule has 0 aromatic carbocycles. The van der Waals surface area contributed by atoms with Crippen LogP contribution in [0.5, 0.6) is 0 Å². The SMILES string of the molecule is ClC1=CCC(Cl)(Cl)C=N1. The van der Waals surface area contributed by atoms with Crippen LogP contribution in [0.2, 0.25) is 0 Å². The van der Waals surface area contributed by atoms with Crippen LogP contribution >= 0.6 is 34.8 Å². The third kappa shape index (κ3) is 2.17. The quantitative estimate of drug-likeness (QED) is 0.405. The van der Waals surface area contributed by atoms with Crippen molar-refractivity contribution in [1.82, 2.24) is 0 Å². The lowest BCUT2D eigenvalue weighted by atomic mass is 10.3. The van der Waals surface area contributed by atoms with E-state index in [0.717, 1.165) is 0 Å². The first-order valence-electron chi connectivity index (χ1n) is 2.39. The Morgan fingerprint density at radius 2 is 2.22 bits per heavy atom. The van der Waals surface area contributed by atoms with Crippen molar-refractivity contribution in [2.45, 2.75) is 10.8 Å². The molecule has 9 heavy (non-hydrogen) atoms. The highest BCUT2D eigenvalue weighted by Gasteiger charge is 2.22. The van der Waals surface area contributed by atoms with Gasteiger partial charge in [-0.3, -0.25) is 0 Å². The molecule has 0 fully saturated rings. The standard InChI is InChI=1S/C5H4Cl3N/c6-4-1-2-5(7,8)3-9-4/h1,3H,2H2. The minimum atomic E-state index is -0.849. The Kier molecular flexibility index (Phi) is 2.04. The summed E-state index contributed by atoms with van der Waals surface area (Å²) in [5, 5.41) is 0.451. The summed E-state index contributed by atoms with van der Waals surface area (Å²) in [5.74, 6) is 0. The lowest BCUT2D eigenvalue weighted by Gasteiger charge is -2.13. The van der Waals surface area contributed by atoms with Gasteiger partial charge >= 0.3 is 0 Å². The number of hydrogen-bond acceptors (Lipinski definition) is 1. The van der Waals surface area contributed by atoms with Gasteiger partial charge in [-0.15, -0.1) is 0 Å². The molecule has 0 radical (unpaired) electrons. The Morgan fingerprint density at radius 1 is 1.56 bits per heavy atom. The number of rotatable bonds is 0. The molecule has 0 amide bonds. The molecule has 0 N–H and O–H groups in total. The van der Waals surface area contributed by atoms with Gasteiger partial charge in [0.1, 0.15) is 5.16 Å². The van der Waals surface area contributed by atoms with E-state index in [0.29, 0.717) is 11.6 Å². The summed E-state index contributed by atoms with van der Waals surface area (Å²) in [6.07, 6.45) is 3.64. The molecule has 0 aromatic rings. The Bertz CT molecular complexity index is 171. The summed E-state index contributed by atoms with van der Waals surface area (Å²) < 4.78 is -0.849. The first kappa shape index (κ1) is 7.39. The summed E-state index contributed by atoms with van der Waals surface area (Å²) in [6, 6.07) is 0. The number of hydrogen-bond donors (Lipinski definition) is 0. The smallest absolute Gasteiger partial charge is 0.156 e. The molecule has 1 heterocycles. The fourth-order valence-electron chi connectivity index (χ4n) is 0.482. The summed E-state index contributed by atoms with van der Waals surface area (Å²) in [6.45, 7) is 0. The van der Waals surface area contributed by atoms with Gasteiger partial charge in [-0.1, -0.05) is 34.8 Å². The third-order valence-electron chi connectivity index (χ3n) is 0.919. The van der Waals surface area contributed by atoms with Crippen LogP contribution in [0.15, 0.2) is 16.2 Å². The molecule has 4 heteroatoms. The fourth-order valence-corrected chi connectivity index (χ4v) is 0.860. The number of allylic oxidation sites excluding steroid dienone is 1. The van der Waals surface area contributed by atoms with Gasteiger partial charge in [-0.05, 0) is 6.08 Å². The van der Waals surface area contributed by atoms with Crippen LogP contribution in [0, 0.1) is 0 Å². The maximum absolute atomic E-state index is 5.65. The Hall–Kier alpha value is 0.280. The van der Waals surface area contributed by atoms with Crippen molar-refractivity contribution >= 4 is 41.0 Å². The Morgan fingerprint density at radius 3 is 2.56 bits per heavy atom. The van der Waals surface area contributed by atoms with Crippen molar-refractivity contribution in [3.63, 3.8) is 0 Å². The van der Waals surface area contributed by atoms with Crippen LogP contribution < -0.4 is 0 Å². The van der Waals surface area contributed by atoms with Gasteiger partial charge in [-0.25, -0.2) is 4.99 Å². The van der Waals surface area contributed by atoms with Crippen molar-refractivity contribution in [1.29, 1.82) is 0 Å². The minimum absolute atomic E-state index is 0.451. The summed E-state index contributed by atoms with van der Waals surface area (Å²) in [4.78, 5) is 3.72. The van der Waals surface area contributed by atoms with E-state index in [1.165, 1.54) is 6.21 Å². The van der Waals surface area contributed by atoms with E-state index in [4.69, 9.17) is 34.8 Å². The van der Waals surface area contributed by atoms with Crippen molar-refractivity contribution in [3.8, 4) is 0 Å². The second-order valence-corrected chi connectivity index (χ2v) is 3.68. The van der Waals surface area contributed by atoms with E-state index < -0.39 is 4.33 Å². The van der Waals surface area contributed by atoms with E-state index in [1.54, 1.807) is 6.08 Å². The number of aliphatic imine (C=N–C) groups is 1. The molecule has 0 saturated carbocycles. The molecule has 1 rings (SSSR count). The number of alkyl halides is 2. The molecule has 0 aliphatic carbocycles. The lowest BCUT2D eigenvalue weighted by molar-refractivity contribution is 1.01. The molecule has 1 aliphatic heterocycles. The summed E-state index contributed by atoms with van der Waals surface area (Å²) >= 11 is 16.8. The van der Waals surface area contributed by atoms with Crippen LogP contribution in [-0.2, 0) is 0 Å². The second-order valence-electron chi connectivity index (χ2n) is 1.75. The highest BCUT2D eigenvalue weighted by molar-refractivity contribution is 6.56. The zero-order valence-corrected chi connectivity index (χ0v) is 6.71. The maximum Gasteiger partial charge on any atom is 0.156 e. The van der Waals surface area contributed by atoms with Gasteiger partial charge in [0.2, 0.25) is 0 Å². The van der Waals surface area contributed by atoms with Gasteiger partial charge in [0.25, 0.3) is 0 Å². The summed E-state index contributed by atoms with van der Waals surface area (Å²) in [5.41, 5.74) is 0. The highest BCUT2D eigenvalue weighted by Crippen LogP contribution is 2.28. The molecular weight excluding hydrogens is 180 g/mol. The topological polar surface area (TPSA) is 12.4 Å². The first-order chi connectivity index (χ1) is 4.10. The molecular formula is C5H4Cl3N. The predicted molar refractivity (Wildman–Crippen MR) is 41.5 cm³/mol. The average Bonchev–Trinajstić information content (AvgIpc) is 1.78. The van der Waals surface area contributed by atoms with Gasteiger partial charge in [0.05, 0.1) is 0 Å². The van der Waals surface area contributed by atoms with Gasteiger partial charge in [0, 0.05) is 12.6 Å². The van der Waals surface area contributed by atoms with E-state index in [9.17, 15) is 0 Å². The zero-order valence-electron chi connectivity index (χ0n) is 4.44. The third-order valence-corrected chi connectivity index (χ3v) is 1.68. The van der Waals surface area contributed by atoms with Crippen molar-refractivity contribution < 1.29 is 0 Å². The molecule has 1 aliphatic rings. The van der Waals surface area contributed by atoms with Gasteiger partial charge in [0.15, 0.2) is 4.33 Å². The van der Waals surface area contributed by atoms with E-state index in [2.05, 4.69) is 4.99 Å². The van der Waals surface area contributed by atoms with E-state index >= 15 is 0 Å². The first-order valence-corrected chi connectivity index (χ1v) is 3.52. The largest absolute Gasteiger partial charge is 0.246 e. The Labute approximate surface area is 68.3 Å². The average molecular weight is 184 g/mol. The predicted octanol–water partition coefficient (Wildman–Crippen LogP) is 2.72. The molecule has 0 bridgehead atoms. The van der Waals surface area contributed by atoms with E-state index in [-0.39, 0.29) is 0 Å². The van der Waals surface area contributed by atoms with Gasteiger partial charge < -0.3 is 0 Å². The molecule has 0 spiro atoms. The molecule has 0 unspecified atom stereocenters. The second kappa shape index (κ2) is 2.49. The van der Waals surface area contributed by atoms with Crippen molar-refractivity contribution in [2.75, 3.05) is 0 Å². The van der Waals surface area contributed by atoms with Crippen LogP contribution in [0.3, 0.4) is 0 Å². The number of nitrogens with zero attached hydrogens (tertiary/aromatic N) is 1. The molecule has 0 saturated heterocycles. The van der Waals surface area contributed by atoms with Crippen LogP contribution in [0.1, 0.15) is 6.42 Å². The number of halogens is 3. The maximum atomic E-state index is 5.65.